The summed E-state index contributed by atoms with van der Waals surface area (Å²) in [6.07, 6.45) is 2.25. The summed E-state index contributed by atoms with van der Waals surface area (Å²) >= 11 is 0. The number of hydrogen-bond acceptors (Lipinski definition) is 1. The van der Waals surface area contributed by atoms with Crippen LogP contribution in [0, 0.1) is 0 Å². The first-order valence-electron chi connectivity index (χ1n) is 11.1. The standard InChI is InChI=1S/C27H23BN2P/c1-18(2)19-15-20-17-29-14-8-12-24-27(29)26(20)22(16-19)28-30(24)23-11-6-7-13-25(23)31(28)21-9-4-3-5-10-21/h3-16,18H,17H2,1-2H3/q+1. The first-order valence-corrected chi connectivity index (χ1v) is 12.6. The highest BCUT2D eigenvalue weighted by Crippen LogP contribution is 2.55. The summed E-state index contributed by atoms with van der Waals surface area (Å²) in [7, 11) is -0.529. The van der Waals surface area contributed by atoms with Gasteiger partial charge in [-0.2, -0.15) is 4.57 Å². The number of pyridine rings is 1. The monoisotopic (exact) mass is 417 g/mol. The van der Waals surface area contributed by atoms with Crippen LogP contribution in [0.1, 0.15) is 30.9 Å². The molecule has 4 heterocycles. The maximum atomic E-state index is 2.65. The number of para-hydroxylation sites is 1. The Morgan fingerprint density at radius 2 is 1.68 bits per heavy atom. The molecule has 1 unspecified atom stereocenters. The van der Waals surface area contributed by atoms with Crippen molar-refractivity contribution in [2.45, 2.75) is 26.3 Å². The SMILES string of the molecule is CC(C)c1cc2c3c(c1)B1N(c4ccccc4P1c1ccccc1)c1ccc[n+](c1-3)C2. The van der Waals surface area contributed by atoms with E-state index in [4.69, 9.17) is 0 Å². The minimum Gasteiger partial charge on any atom is -0.371 e. The Bertz CT molecular complexity index is 1370. The van der Waals surface area contributed by atoms with Gasteiger partial charge in [-0.1, -0.05) is 68.4 Å². The maximum absolute atomic E-state index is 2.65. The van der Waals surface area contributed by atoms with E-state index >= 15 is 0 Å². The van der Waals surface area contributed by atoms with Crippen LogP contribution in [-0.2, 0) is 6.54 Å². The van der Waals surface area contributed by atoms with Crippen molar-refractivity contribution in [1.82, 2.24) is 0 Å². The largest absolute Gasteiger partial charge is 0.371 e. The normalized spacial score (nSPS) is 17.1. The van der Waals surface area contributed by atoms with E-state index in [-0.39, 0.29) is 0 Å². The lowest BCUT2D eigenvalue weighted by Crippen LogP contribution is -2.48. The number of hydrogen-bond donors (Lipinski definition) is 0. The first-order chi connectivity index (χ1) is 15.2. The Labute approximate surface area is 185 Å². The van der Waals surface area contributed by atoms with Crippen molar-refractivity contribution in [3.63, 3.8) is 0 Å². The van der Waals surface area contributed by atoms with Gasteiger partial charge in [-0.25, -0.2) is 0 Å². The van der Waals surface area contributed by atoms with Crippen LogP contribution in [0.15, 0.2) is 85.1 Å². The minimum atomic E-state index is -0.529. The average Bonchev–Trinajstić information content (AvgIpc) is 3.35. The number of nitrogens with zero attached hydrogens (tertiary/aromatic N) is 2. The van der Waals surface area contributed by atoms with Crippen LogP contribution in [0.2, 0.25) is 0 Å². The van der Waals surface area contributed by atoms with Crippen molar-refractivity contribution in [2.75, 3.05) is 4.81 Å². The van der Waals surface area contributed by atoms with Gasteiger partial charge in [0.05, 0.1) is 5.56 Å². The number of fused-ring (bicyclic) bond motifs is 5. The van der Waals surface area contributed by atoms with E-state index in [0.717, 1.165) is 6.54 Å². The molecular formula is C27H23BN2P+. The lowest BCUT2D eigenvalue weighted by atomic mass is 9.68. The zero-order chi connectivity index (χ0) is 20.7. The molecule has 0 saturated carbocycles. The van der Waals surface area contributed by atoms with Crippen LogP contribution >= 0.6 is 7.80 Å². The van der Waals surface area contributed by atoms with E-state index in [0.29, 0.717) is 12.5 Å². The van der Waals surface area contributed by atoms with E-state index < -0.39 is 7.80 Å². The molecule has 148 valence electrons. The molecule has 0 N–H and O–H groups in total. The quantitative estimate of drug-likeness (QED) is 0.234. The van der Waals surface area contributed by atoms with Gasteiger partial charge >= 0.3 is 6.57 Å². The van der Waals surface area contributed by atoms with Crippen LogP contribution in [-0.4, -0.2) is 6.57 Å². The molecule has 0 fully saturated rings. The molecule has 0 radical (unpaired) electrons. The molecule has 4 aromatic rings. The molecule has 7 rings (SSSR count). The van der Waals surface area contributed by atoms with Gasteiger partial charge in [0.2, 0.25) is 5.69 Å². The van der Waals surface area contributed by atoms with Crippen LogP contribution in [0.5, 0.6) is 0 Å². The number of aromatic nitrogens is 1. The number of anilines is 2. The van der Waals surface area contributed by atoms with Gasteiger partial charge in [0, 0.05) is 17.3 Å². The molecule has 0 amide bonds. The molecule has 0 saturated heterocycles. The molecule has 1 aromatic heterocycles. The summed E-state index contributed by atoms with van der Waals surface area (Å²) in [4.78, 5) is 2.65. The Balaban J connectivity index is 1.59. The molecule has 0 bridgehead atoms. The molecular weight excluding hydrogens is 394 g/mol. The third-order valence-electron chi connectivity index (χ3n) is 7.03. The van der Waals surface area contributed by atoms with Crippen molar-refractivity contribution >= 4 is 41.8 Å². The Morgan fingerprint density at radius 1 is 0.903 bits per heavy atom. The van der Waals surface area contributed by atoms with Crippen LogP contribution < -0.4 is 25.4 Å². The minimum absolute atomic E-state index is 0.351. The van der Waals surface area contributed by atoms with Crippen LogP contribution in [0.4, 0.5) is 11.4 Å². The van der Waals surface area contributed by atoms with Crippen molar-refractivity contribution in [2.24, 2.45) is 0 Å². The molecule has 2 nitrogen and oxygen atoms in total. The molecule has 3 aromatic carbocycles. The fourth-order valence-electron chi connectivity index (χ4n) is 5.68. The fraction of sp³-hybridized carbons (Fsp3) is 0.148. The Kier molecular flexibility index (Phi) is 3.61. The second-order valence-corrected chi connectivity index (χ2v) is 11.3. The van der Waals surface area contributed by atoms with Gasteiger partial charge in [-0.05, 0) is 53.6 Å². The second kappa shape index (κ2) is 6.31. The lowest BCUT2D eigenvalue weighted by molar-refractivity contribution is -0.671. The van der Waals surface area contributed by atoms with Gasteiger partial charge in [-0.3, -0.25) is 0 Å². The van der Waals surface area contributed by atoms with E-state index in [1.165, 1.54) is 49.8 Å². The summed E-state index contributed by atoms with van der Waals surface area (Å²) < 4.78 is 2.45. The molecule has 0 aliphatic carbocycles. The zero-order valence-electron chi connectivity index (χ0n) is 17.8. The maximum Gasteiger partial charge on any atom is 0.333 e. The third-order valence-corrected chi connectivity index (χ3v) is 9.78. The van der Waals surface area contributed by atoms with E-state index in [2.05, 4.69) is 108 Å². The van der Waals surface area contributed by atoms with Gasteiger partial charge < -0.3 is 4.81 Å². The lowest BCUT2D eigenvalue weighted by Gasteiger charge is -2.33. The highest BCUT2D eigenvalue weighted by atomic mass is 31.1. The van der Waals surface area contributed by atoms with Crippen LogP contribution in [0.25, 0.3) is 11.3 Å². The fourth-order valence-corrected chi connectivity index (χ4v) is 8.64. The number of benzene rings is 3. The predicted molar refractivity (Wildman–Crippen MR) is 132 cm³/mol. The number of rotatable bonds is 2. The first kappa shape index (κ1) is 17.8. The van der Waals surface area contributed by atoms with E-state index in [1.54, 1.807) is 0 Å². The average molecular weight is 417 g/mol. The molecule has 3 aliphatic rings. The van der Waals surface area contributed by atoms with Crippen molar-refractivity contribution in [1.29, 1.82) is 0 Å². The van der Waals surface area contributed by atoms with Crippen LogP contribution in [0.3, 0.4) is 0 Å². The summed E-state index contributed by atoms with van der Waals surface area (Å²) in [6.45, 7) is 5.97. The van der Waals surface area contributed by atoms with E-state index in [9.17, 15) is 0 Å². The molecule has 3 aliphatic heterocycles. The molecule has 1 atom stereocenters. The topological polar surface area (TPSA) is 7.12 Å². The second-order valence-electron chi connectivity index (χ2n) is 9.11. The summed E-state index contributed by atoms with van der Waals surface area (Å²) in [5, 5.41) is 2.96. The summed E-state index contributed by atoms with van der Waals surface area (Å²) in [5.74, 6) is 0.525. The van der Waals surface area contributed by atoms with Crippen molar-refractivity contribution < 1.29 is 4.57 Å². The van der Waals surface area contributed by atoms with Crippen molar-refractivity contribution in [3.05, 3.63) is 96.2 Å². The third kappa shape index (κ3) is 2.30. The van der Waals surface area contributed by atoms with Crippen molar-refractivity contribution in [3.8, 4) is 11.3 Å². The molecule has 31 heavy (non-hydrogen) atoms. The van der Waals surface area contributed by atoms with Gasteiger partial charge in [0.1, 0.15) is 5.69 Å². The highest BCUT2D eigenvalue weighted by Gasteiger charge is 2.52. The van der Waals surface area contributed by atoms with Gasteiger partial charge in [0.15, 0.2) is 12.7 Å². The smallest absolute Gasteiger partial charge is 0.333 e. The van der Waals surface area contributed by atoms with Gasteiger partial charge in [0.25, 0.3) is 0 Å². The van der Waals surface area contributed by atoms with E-state index in [1.807, 2.05) is 0 Å². The molecule has 0 spiro atoms. The summed E-state index contributed by atoms with van der Waals surface area (Å²) in [6, 6.07) is 29.8. The zero-order valence-corrected chi connectivity index (χ0v) is 18.7. The predicted octanol–water partition coefficient (Wildman–Crippen LogP) is 4.42. The Hall–Kier alpha value is -2.90. The highest BCUT2D eigenvalue weighted by molar-refractivity contribution is 8.04. The molecule has 4 heteroatoms. The summed E-state index contributed by atoms with van der Waals surface area (Å²) in [5.41, 5.74) is 10.1. The Morgan fingerprint density at radius 3 is 2.52 bits per heavy atom. The van der Waals surface area contributed by atoms with Gasteiger partial charge in [-0.15, -0.1) is 0 Å².